The quantitative estimate of drug-likeness (QED) is 0.821. The molecule has 0 aliphatic carbocycles. The van der Waals surface area contributed by atoms with Crippen molar-refractivity contribution >= 4 is 5.91 Å². The van der Waals surface area contributed by atoms with Gasteiger partial charge in [0.25, 0.3) is 0 Å². The van der Waals surface area contributed by atoms with Crippen molar-refractivity contribution in [3.8, 4) is 0 Å². The molecule has 0 radical (unpaired) electrons. The maximum absolute atomic E-state index is 13.1. The first-order valence-electron chi connectivity index (χ1n) is 6.23. The van der Waals surface area contributed by atoms with Crippen LogP contribution in [0.4, 0.5) is 17.6 Å². The van der Waals surface area contributed by atoms with Crippen LogP contribution in [0.25, 0.3) is 0 Å². The van der Waals surface area contributed by atoms with Crippen molar-refractivity contribution in [2.75, 3.05) is 6.54 Å². The summed E-state index contributed by atoms with van der Waals surface area (Å²) in [4.78, 5) is 10.9. The molecule has 1 heterocycles. The van der Waals surface area contributed by atoms with Crippen molar-refractivity contribution in [2.24, 2.45) is 0 Å². The molecule has 7 heteroatoms. The molecule has 1 unspecified atom stereocenters. The number of benzene rings is 1. The van der Waals surface area contributed by atoms with Gasteiger partial charge in [-0.05, 0) is 37.1 Å². The summed E-state index contributed by atoms with van der Waals surface area (Å²) < 4.78 is 49.7. The highest BCUT2D eigenvalue weighted by atomic mass is 19.4. The molecular weight excluding hydrogens is 276 g/mol. The zero-order valence-corrected chi connectivity index (χ0v) is 10.5. The first-order chi connectivity index (χ1) is 9.36. The number of carbonyl (C=O) groups excluding carboxylic acids is 1. The molecule has 2 N–H and O–H groups in total. The number of amides is 1. The lowest BCUT2D eigenvalue weighted by molar-refractivity contribution is -0.174. The minimum atomic E-state index is -4.88. The van der Waals surface area contributed by atoms with E-state index in [0.29, 0.717) is 24.9 Å². The van der Waals surface area contributed by atoms with E-state index in [2.05, 4.69) is 5.32 Å². The molecule has 0 spiro atoms. The van der Waals surface area contributed by atoms with Crippen molar-refractivity contribution in [3.05, 3.63) is 35.6 Å². The van der Waals surface area contributed by atoms with Crippen molar-refractivity contribution in [1.82, 2.24) is 10.6 Å². The van der Waals surface area contributed by atoms with Gasteiger partial charge in [0.05, 0.1) is 0 Å². The molecule has 1 fully saturated rings. The minimum Gasteiger partial charge on any atom is -0.345 e. The fraction of sp³-hybridized carbons (Fsp3) is 0.462. The van der Waals surface area contributed by atoms with Crippen LogP contribution in [0.15, 0.2) is 24.3 Å². The van der Waals surface area contributed by atoms with Gasteiger partial charge in [0.1, 0.15) is 5.82 Å². The topological polar surface area (TPSA) is 41.1 Å². The second-order valence-electron chi connectivity index (χ2n) is 4.75. The largest absolute Gasteiger partial charge is 0.471 e. The van der Waals surface area contributed by atoms with Gasteiger partial charge in [-0.1, -0.05) is 12.1 Å². The monoisotopic (exact) mass is 290 g/mol. The summed E-state index contributed by atoms with van der Waals surface area (Å²) in [6, 6.07) is 5.05. The maximum atomic E-state index is 13.1. The van der Waals surface area contributed by atoms with Crippen molar-refractivity contribution in [3.63, 3.8) is 0 Å². The van der Waals surface area contributed by atoms with Gasteiger partial charge in [-0.3, -0.25) is 4.79 Å². The van der Waals surface area contributed by atoms with Crippen LogP contribution in [0.3, 0.4) is 0 Å². The number of rotatable bonds is 2. The Morgan fingerprint density at radius 1 is 1.35 bits per heavy atom. The highest BCUT2D eigenvalue weighted by molar-refractivity contribution is 5.81. The SMILES string of the molecule is O=C(NC1CCN[C@H](c2cccc(F)c2)C1)C(F)(F)F. The third-order valence-electron chi connectivity index (χ3n) is 3.25. The third-order valence-corrected chi connectivity index (χ3v) is 3.25. The average molecular weight is 290 g/mol. The summed E-state index contributed by atoms with van der Waals surface area (Å²) in [5.74, 6) is -2.33. The summed E-state index contributed by atoms with van der Waals surface area (Å²) in [5.41, 5.74) is 0.663. The van der Waals surface area contributed by atoms with E-state index in [1.54, 1.807) is 12.1 Å². The molecule has 1 aliphatic rings. The van der Waals surface area contributed by atoms with E-state index in [0.717, 1.165) is 0 Å². The van der Waals surface area contributed by atoms with Crippen LogP contribution >= 0.6 is 0 Å². The molecule has 1 aromatic rings. The number of piperidine rings is 1. The van der Waals surface area contributed by atoms with Crippen LogP contribution in [0.5, 0.6) is 0 Å². The average Bonchev–Trinajstić information content (AvgIpc) is 2.38. The molecule has 1 aromatic carbocycles. The Morgan fingerprint density at radius 3 is 2.75 bits per heavy atom. The molecule has 0 aromatic heterocycles. The van der Waals surface area contributed by atoms with Crippen LogP contribution in [-0.4, -0.2) is 24.7 Å². The fourth-order valence-electron chi connectivity index (χ4n) is 2.29. The Labute approximate surface area is 113 Å². The number of hydrogen-bond donors (Lipinski definition) is 2. The van der Waals surface area contributed by atoms with Crippen LogP contribution in [0.2, 0.25) is 0 Å². The first kappa shape index (κ1) is 14.8. The van der Waals surface area contributed by atoms with Crippen LogP contribution in [-0.2, 0) is 4.79 Å². The molecule has 1 aliphatic heterocycles. The van der Waals surface area contributed by atoms with Gasteiger partial charge in [-0.15, -0.1) is 0 Å². The van der Waals surface area contributed by atoms with Gasteiger partial charge in [0.2, 0.25) is 0 Å². The lowest BCUT2D eigenvalue weighted by atomic mass is 9.93. The van der Waals surface area contributed by atoms with Crippen molar-refractivity contribution in [1.29, 1.82) is 0 Å². The Balaban J connectivity index is 2.00. The number of halogens is 4. The highest BCUT2D eigenvalue weighted by Crippen LogP contribution is 2.25. The summed E-state index contributed by atoms with van der Waals surface area (Å²) >= 11 is 0. The molecule has 0 bridgehead atoms. The molecule has 1 amide bonds. The van der Waals surface area contributed by atoms with E-state index in [4.69, 9.17) is 0 Å². The lowest BCUT2D eigenvalue weighted by Crippen LogP contribution is -2.48. The smallest absolute Gasteiger partial charge is 0.345 e. The van der Waals surface area contributed by atoms with E-state index in [1.165, 1.54) is 12.1 Å². The highest BCUT2D eigenvalue weighted by Gasteiger charge is 2.40. The summed E-state index contributed by atoms with van der Waals surface area (Å²) in [5, 5.41) is 5.08. The van der Waals surface area contributed by atoms with Crippen LogP contribution < -0.4 is 10.6 Å². The second-order valence-corrected chi connectivity index (χ2v) is 4.75. The Kier molecular flexibility index (Phi) is 4.27. The van der Waals surface area contributed by atoms with E-state index in [-0.39, 0.29) is 6.04 Å². The summed E-state index contributed by atoms with van der Waals surface area (Å²) in [6.07, 6.45) is -4.17. The lowest BCUT2D eigenvalue weighted by Gasteiger charge is -2.31. The summed E-state index contributed by atoms with van der Waals surface area (Å²) in [6.45, 7) is 0.462. The standard InChI is InChI=1S/C13H14F4N2O/c14-9-3-1-2-8(6-9)11-7-10(4-5-18-11)19-12(20)13(15,16)17/h1-3,6,10-11,18H,4-5,7H2,(H,19,20)/t10?,11-/m0/s1. The molecule has 110 valence electrons. The van der Waals surface area contributed by atoms with E-state index in [1.807, 2.05) is 5.32 Å². The Bertz CT molecular complexity index is 490. The molecule has 3 nitrogen and oxygen atoms in total. The predicted octanol–water partition coefficient (Wildman–Crippen LogP) is 2.30. The number of carbonyl (C=O) groups is 1. The minimum absolute atomic E-state index is 0.266. The molecule has 1 saturated heterocycles. The zero-order chi connectivity index (χ0) is 14.8. The van der Waals surface area contributed by atoms with E-state index < -0.39 is 23.9 Å². The van der Waals surface area contributed by atoms with Gasteiger partial charge in [-0.2, -0.15) is 13.2 Å². The van der Waals surface area contributed by atoms with Crippen molar-refractivity contribution < 1.29 is 22.4 Å². The van der Waals surface area contributed by atoms with Crippen molar-refractivity contribution in [2.45, 2.75) is 31.1 Å². The van der Waals surface area contributed by atoms with Gasteiger partial charge in [0, 0.05) is 12.1 Å². The number of alkyl halides is 3. The number of hydrogen-bond acceptors (Lipinski definition) is 2. The normalized spacial score (nSPS) is 23.4. The fourth-order valence-corrected chi connectivity index (χ4v) is 2.29. The molecule has 2 atom stereocenters. The Morgan fingerprint density at radius 2 is 2.10 bits per heavy atom. The second kappa shape index (κ2) is 5.78. The summed E-state index contributed by atoms with van der Waals surface area (Å²) in [7, 11) is 0. The third kappa shape index (κ3) is 3.69. The van der Waals surface area contributed by atoms with Gasteiger partial charge in [-0.25, -0.2) is 4.39 Å². The predicted molar refractivity (Wildman–Crippen MR) is 64.4 cm³/mol. The molecular formula is C13H14F4N2O. The molecule has 20 heavy (non-hydrogen) atoms. The Hall–Kier alpha value is -1.63. The van der Waals surface area contributed by atoms with Crippen LogP contribution in [0.1, 0.15) is 24.4 Å². The van der Waals surface area contributed by atoms with Crippen LogP contribution in [0, 0.1) is 5.82 Å². The molecule has 0 saturated carbocycles. The van der Waals surface area contributed by atoms with Gasteiger partial charge < -0.3 is 10.6 Å². The van der Waals surface area contributed by atoms with Gasteiger partial charge in [0.15, 0.2) is 0 Å². The van der Waals surface area contributed by atoms with Gasteiger partial charge >= 0.3 is 12.1 Å². The van der Waals surface area contributed by atoms with E-state index in [9.17, 15) is 22.4 Å². The molecule has 2 rings (SSSR count). The first-order valence-corrected chi connectivity index (χ1v) is 6.23. The van der Waals surface area contributed by atoms with E-state index >= 15 is 0 Å². The zero-order valence-electron chi connectivity index (χ0n) is 10.5. The number of nitrogens with one attached hydrogen (secondary N) is 2. The maximum Gasteiger partial charge on any atom is 0.471 e.